The molecule has 136 valence electrons. The normalized spacial score (nSPS) is 17.9. The second kappa shape index (κ2) is 7.09. The van der Waals surface area contributed by atoms with E-state index in [1.165, 1.54) is 11.8 Å². The van der Waals surface area contributed by atoms with Crippen molar-refractivity contribution in [2.75, 3.05) is 13.4 Å². The van der Waals surface area contributed by atoms with Gasteiger partial charge in [-0.15, -0.1) is 0 Å². The zero-order valence-electron chi connectivity index (χ0n) is 14.5. The van der Waals surface area contributed by atoms with Gasteiger partial charge in [-0.3, -0.25) is 10.2 Å². The molecule has 7 nitrogen and oxygen atoms in total. The van der Waals surface area contributed by atoms with Gasteiger partial charge in [0.05, 0.1) is 30.3 Å². The number of carbonyl (C=O) groups is 1. The van der Waals surface area contributed by atoms with Crippen LogP contribution in [0, 0.1) is 5.41 Å². The summed E-state index contributed by atoms with van der Waals surface area (Å²) in [5.74, 6) is 0.353. The Balaban J connectivity index is 1.78. The van der Waals surface area contributed by atoms with Crippen LogP contribution in [-0.2, 0) is 4.79 Å². The van der Waals surface area contributed by atoms with E-state index in [2.05, 4.69) is 9.39 Å². The second-order valence-electron chi connectivity index (χ2n) is 5.59. The average molecular weight is 397 g/mol. The van der Waals surface area contributed by atoms with Gasteiger partial charge in [-0.25, -0.2) is 4.90 Å². The summed E-state index contributed by atoms with van der Waals surface area (Å²) in [6.07, 6.45) is 5.44. The first kappa shape index (κ1) is 17.6. The maximum atomic E-state index is 12.5. The van der Waals surface area contributed by atoms with Crippen LogP contribution in [0.3, 0.4) is 0 Å². The van der Waals surface area contributed by atoms with E-state index in [9.17, 15) is 4.79 Å². The number of rotatable bonds is 3. The van der Waals surface area contributed by atoms with Gasteiger partial charge in [-0.05, 0) is 36.6 Å². The van der Waals surface area contributed by atoms with Crippen LogP contribution in [0.1, 0.15) is 5.69 Å². The topological polar surface area (TPSA) is 83.0 Å². The number of hydrogen-bond acceptors (Lipinski definition) is 6. The Morgan fingerprint density at radius 1 is 1.26 bits per heavy atom. The molecule has 1 amide bonds. The first-order valence-corrected chi connectivity index (χ1v) is 9.97. The van der Waals surface area contributed by atoms with Crippen molar-refractivity contribution in [3.8, 4) is 11.4 Å². The lowest BCUT2D eigenvalue weighted by atomic mass is 10.1. The number of nitrogens with zero attached hydrogens (tertiary/aromatic N) is 4. The zero-order chi connectivity index (χ0) is 19.0. The fourth-order valence-electron chi connectivity index (χ4n) is 2.84. The predicted molar refractivity (Wildman–Crippen MR) is 111 cm³/mol. The number of benzene rings is 1. The molecule has 0 fully saturated rings. The maximum Gasteiger partial charge on any atom is 0.283 e. The number of ether oxygens (including phenoxy) is 1. The highest BCUT2D eigenvalue weighted by Gasteiger charge is 2.37. The summed E-state index contributed by atoms with van der Waals surface area (Å²) < 4.78 is 11.6. The van der Waals surface area contributed by atoms with Crippen LogP contribution in [0.4, 0.5) is 0 Å². The van der Waals surface area contributed by atoms with Crippen LogP contribution in [0.5, 0.6) is 5.75 Å². The van der Waals surface area contributed by atoms with E-state index < -0.39 is 5.91 Å². The minimum absolute atomic E-state index is 0.0795. The first-order valence-electron chi connectivity index (χ1n) is 7.97. The summed E-state index contributed by atoms with van der Waals surface area (Å²) in [5.41, 5.74) is 1.82. The minimum Gasteiger partial charge on any atom is -0.495 e. The Bertz CT molecular complexity index is 1040. The number of amides is 1. The lowest BCUT2D eigenvalue weighted by Crippen LogP contribution is -2.41. The smallest absolute Gasteiger partial charge is 0.283 e. The molecule has 4 rings (SSSR count). The molecule has 0 saturated heterocycles. The average Bonchev–Trinajstić information content (AvgIpc) is 3.31. The van der Waals surface area contributed by atoms with Crippen LogP contribution in [0.2, 0.25) is 0 Å². The van der Waals surface area contributed by atoms with Crippen LogP contribution in [0.15, 0.2) is 57.6 Å². The number of para-hydroxylation sites is 2. The molecule has 1 aromatic carbocycles. The zero-order valence-corrected chi connectivity index (χ0v) is 16.2. The van der Waals surface area contributed by atoms with Crippen molar-refractivity contribution in [3.63, 3.8) is 0 Å². The Hall–Kier alpha value is -2.78. The summed E-state index contributed by atoms with van der Waals surface area (Å²) in [6, 6.07) is 11.4. The van der Waals surface area contributed by atoms with Crippen LogP contribution in [0.25, 0.3) is 11.8 Å². The Morgan fingerprint density at radius 2 is 2.07 bits per heavy atom. The van der Waals surface area contributed by atoms with E-state index >= 15 is 0 Å². The standard InChI is InChI=1S/C18H15N5O2S2/c1-25-14-8-4-3-7-13(14)22-9-5-6-11(22)10-12-15(19)23-17(20-16(12)24)27-21-18(23)26-2/h3-10,19H,1-2H3/b12-10-,19-15?. The van der Waals surface area contributed by atoms with Gasteiger partial charge in [0, 0.05) is 11.9 Å². The van der Waals surface area contributed by atoms with Crippen molar-refractivity contribution in [2.24, 2.45) is 9.39 Å². The molecule has 3 heterocycles. The molecule has 0 radical (unpaired) electrons. The number of fused-ring (bicyclic) bond motifs is 1. The first-order chi connectivity index (χ1) is 13.1. The number of methoxy groups -OCH3 is 1. The highest BCUT2D eigenvalue weighted by Crippen LogP contribution is 2.31. The molecule has 1 aromatic heterocycles. The molecule has 0 bridgehead atoms. The number of carbonyl (C=O) groups excluding carboxylic acids is 1. The molecule has 0 unspecified atom stereocenters. The van der Waals surface area contributed by atoms with E-state index in [0.717, 1.165) is 23.3 Å². The summed E-state index contributed by atoms with van der Waals surface area (Å²) in [5, 5.41) is 9.57. The highest BCUT2D eigenvalue weighted by atomic mass is 32.2. The molecule has 2 aliphatic heterocycles. The van der Waals surface area contributed by atoms with Gasteiger partial charge < -0.3 is 9.30 Å². The molecule has 0 aliphatic carbocycles. The number of nitrogens with one attached hydrogen (secondary N) is 1. The van der Waals surface area contributed by atoms with Crippen molar-refractivity contribution in [1.29, 1.82) is 5.41 Å². The molecule has 2 aromatic rings. The number of aliphatic imine (C=N–C) groups is 1. The summed E-state index contributed by atoms with van der Waals surface area (Å²) in [7, 11) is 1.62. The van der Waals surface area contributed by atoms with Gasteiger partial charge in [0.2, 0.25) is 5.17 Å². The second-order valence-corrected chi connectivity index (χ2v) is 7.09. The quantitative estimate of drug-likeness (QED) is 0.634. The fourth-order valence-corrected chi connectivity index (χ4v) is 4.29. The molecular formula is C18H15N5O2S2. The van der Waals surface area contributed by atoms with Crippen LogP contribution < -0.4 is 4.74 Å². The molecular weight excluding hydrogens is 382 g/mol. The van der Waals surface area contributed by atoms with Gasteiger partial charge in [0.1, 0.15) is 11.6 Å². The van der Waals surface area contributed by atoms with Gasteiger partial charge >= 0.3 is 0 Å². The Labute approximate surface area is 164 Å². The third-order valence-corrected chi connectivity index (χ3v) is 5.55. The summed E-state index contributed by atoms with van der Waals surface area (Å²) in [4.78, 5) is 18.2. The monoisotopic (exact) mass is 397 g/mol. The van der Waals surface area contributed by atoms with Gasteiger partial charge in [-0.1, -0.05) is 23.9 Å². The molecule has 9 heteroatoms. The van der Waals surface area contributed by atoms with Crippen molar-refractivity contribution in [3.05, 3.63) is 53.9 Å². The molecule has 0 saturated carbocycles. The van der Waals surface area contributed by atoms with Crippen molar-refractivity contribution in [2.45, 2.75) is 0 Å². The highest BCUT2D eigenvalue weighted by molar-refractivity contribution is 8.18. The number of aromatic nitrogens is 1. The van der Waals surface area contributed by atoms with E-state index in [1.807, 2.05) is 53.4 Å². The lowest BCUT2D eigenvalue weighted by Gasteiger charge is -2.24. The van der Waals surface area contributed by atoms with E-state index in [-0.39, 0.29) is 11.4 Å². The van der Waals surface area contributed by atoms with Gasteiger partial charge in [0.15, 0.2) is 5.17 Å². The number of amidine groups is 3. The Kier molecular flexibility index (Phi) is 4.63. The predicted octanol–water partition coefficient (Wildman–Crippen LogP) is 3.43. The van der Waals surface area contributed by atoms with E-state index in [1.54, 1.807) is 18.1 Å². The maximum absolute atomic E-state index is 12.5. The fraction of sp³-hybridized carbons (Fsp3) is 0.111. The summed E-state index contributed by atoms with van der Waals surface area (Å²) >= 11 is 2.53. The van der Waals surface area contributed by atoms with E-state index in [0.29, 0.717) is 16.1 Å². The van der Waals surface area contributed by atoms with Gasteiger partial charge in [-0.2, -0.15) is 9.39 Å². The van der Waals surface area contributed by atoms with Crippen molar-refractivity contribution < 1.29 is 9.53 Å². The van der Waals surface area contributed by atoms with Crippen LogP contribution in [-0.4, -0.2) is 44.9 Å². The lowest BCUT2D eigenvalue weighted by molar-refractivity contribution is -0.114. The largest absolute Gasteiger partial charge is 0.495 e. The van der Waals surface area contributed by atoms with Crippen LogP contribution >= 0.6 is 23.7 Å². The van der Waals surface area contributed by atoms with E-state index in [4.69, 9.17) is 10.1 Å². The van der Waals surface area contributed by atoms with Gasteiger partial charge in [0.25, 0.3) is 5.91 Å². The number of thioether (sulfide) groups is 1. The molecule has 0 spiro atoms. The molecule has 2 aliphatic rings. The SMILES string of the molecule is COc1ccccc1-n1cccc1/C=C1/C(=N)N2C(SC)=NSC2=NC1=O. The van der Waals surface area contributed by atoms with Crippen molar-refractivity contribution >= 4 is 51.9 Å². The molecule has 0 atom stereocenters. The minimum atomic E-state index is -0.441. The third-order valence-electron chi connectivity index (χ3n) is 4.09. The Morgan fingerprint density at radius 3 is 2.85 bits per heavy atom. The third kappa shape index (κ3) is 2.98. The summed E-state index contributed by atoms with van der Waals surface area (Å²) in [6.45, 7) is 0. The molecule has 1 N–H and O–H groups in total. The molecule has 27 heavy (non-hydrogen) atoms. The number of hydrogen-bond donors (Lipinski definition) is 1. The van der Waals surface area contributed by atoms with Crippen molar-refractivity contribution in [1.82, 2.24) is 9.47 Å².